The van der Waals surface area contributed by atoms with Gasteiger partial charge in [0.2, 0.25) is 0 Å². The maximum atomic E-state index is 8.19. The average Bonchev–Trinajstić information content (AvgIpc) is 2.03. The first-order valence-electron chi connectivity index (χ1n) is 3.55. The fourth-order valence-corrected chi connectivity index (χ4v) is 0.978. The van der Waals surface area contributed by atoms with Gasteiger partial charge in [-0.05, 0) is 18.1 Å². The Morgan fingerprint density at radius 2 is 2.18 bits per heavy atom. The molecule has 0 saturated carbocycles. The number of hydrogen-bond donors (Lipinski definition) is 1. The lowest BCUT2D eigenvalue weighted by atomic mass is 10.1. The van der Waals surface area contributed by atoms with Crippen molar-refractivity contribution in [3.8, 4) is 0 Å². The lowest BCUT2D eigenvalue weighted by Crippen LogP contribution is -1.89. The van der Waals surface area contributed by atoms with E-state index >= 15 is 0 Å². The number of benzene rings is 1. The van der Waals surface area contributed by atoms with Crippen molar-refractivity contribution in [2.45, 2.75) is 13.3 Å². The third kappa shape index (κ3) is 2.08. The van der Waals surface area contributed by atoms with Crippen LogP contribution in [-0.2, 0) is 6.42 Å². The zero-order chi connectivity index (χ0) is 8.10. The van der Waals surface area contributed by atoms with Crippen LogP contribution in [-0.4, -0.2) is 11.4 Å². The minimum Gasteiger partial charge on any atom is -0.411 e. The molecule has 0 unspecified atom stereocenters. The average molecular weight is 149 g/mol. The molecule has 0 aliphatic heterocycles. The van der Waals surface area contributed by atoms with Crippen molar-refractivity contribution in [3.05, 3.63) is 35.4 Å². The Hall–Kier alpha value is -1.31. The second-order valence-corrected chi connectivity index (χ2v) is 2.43. The van der Waals surface area contributed by atoms with Gasteiger partial charge in [-0.25, -0.2) is 0 Å². The van der Waals surface area contributed by atoms with E-state index in [0.717, 1.165) is 0 Å². The molecule has 0 aliphatic rings. The van der Waals surface area contributed by atoms with Crippen LogP contribution in [0.2, 0.25) is 0 Å². The van der Waals surface area contributed by atoms with Gasteiger partial charge in [0.1, 0.15) is 0 Å². The highest BCUT2D eigenvalue weighted by Crippen LogP contribution is 2.05. The van der Waals surface area contributed by atoms with Gasteiger partial charge in [0.05, 0.1) is 0 Å². The summed E-state index contributed by atoms with van der Waals surface area (Å²) in [6, 6.07) is 8.04. The normalized spacial score (nSPS) is 10.6. The number of oxime groups is 1. The summed E-state index contributed by atoms with van der Waals surface area (Å²) in [5.41, 5.74) is 2.43. The molecular formula is C9H11NO. The molecule has 0 saturated heterocycles. The van der Waals surface area contributed by atoms with Crippen LogP contribution in [0.15, 0.2) is 29.4 Å². The van der Waals surface area contributed by atoms with E-state index in [1.54, 1.807) is 0 Å². The van der Waals surface area contributed by atoms with Crippen LogP contribution in [0.3, 0.4) is 0 Å². The van der Waals surface area contributed by atoms with Crippen LogP contribution in [0.5, 0.6) is 0 Å². The number of aryl methyl sites for hydroxylation is 1. The first-order valence-corrected chi connectivity index (χ1v) is 3.55. The van der Waals surface area contributed by atoms with E-state index in [2.05, 4.69) is 5.16 Å². The van der Waals surface area contributed by atoms with Crippen LogP contribution in [0.1, 0.15) is 11.1 Å². The summed E-state index contributed by atoms with van der Waals surface area (Å²) < 4.78 is 0. The Labute approximate surface area is 66.2 Å². The van der Waals surface area contributed by atoms with E-state index in [1.165, 1.54) is 17.3 Å². The molecule has 0 aromatic heterocycles. The van der Waals surface area contributed by atoms with Crippen molar-refractivity contribution in [1.29, 1.82) is 0 Å². The molecule has 0 bridgehead atoms. The van der Waals surface area contributed by atoms with E-state index in [-0.39, 0.29) is 0 Å². The molecule has 0 atom stereocenters. The molecular weight excluding hydrogens is 138 g/mol. The molecule has 11 heavy (non-hydrogen) atoms. The maximum Gasteiger partial charge on any atom is 0.0479 e. The lowest BCUT2D eigenvalue weighted by Gasteiger charge is -1.99. The van der Waals surface area contributed by atoms with E-state index in [4.69, 9.17) is 5.21 Å². The molecule has 0 heterocycles. The third-order valence-electron chi connectivity index (χ3n) is 1.65. The topological polar surface area (TPSA) is 32.6 Å². The SMILES string of the molecule is Cc1ccccc1C/C=N\O. The summed E-state index contributed by atoms with van der Waals surface area (Å²) in [5.74, 6) is 0. The zero-order valence-corrected chi connectivity index (χ0v) is 6.49. The fraction of sp³-hybridized carbons (Fsp3) is 0.222. The van der Waals surface area contributed by atoms with Crippen molar-refractivity contribution >= 4 is 6.21 Å². The molecule has 0 radical (unpaired) electrons. The predicted octanol–water partition coefficient (Wildman–Crippen LogP) is 2.00. The molecule has 1 aromatic rings. The van der Waals surface area contributed by atoms with Gasteiger partial charge < -0.3 is 5.21 Å². The number of nitrogens with zero attached hydrogens (tertiary/aromatic N) is 1. The molecule has 0 aliphatic carbocycles. The molecule has 0 fully saturated rings. The molecule has 1 N–H and O–H groups in total. The summed E-state index contributed by atoms with van der Waals surface area (Å²) in [4.78, 5) is 0. The Morgan fingerprint density at radius 1 is 1.45 bits per heavy atom. The van der Waals surface area contributed by atoms with Crippen LogP contribution >= 0.6 is 0 Å². The predicted molar refractivity (Wildman–Crippen MR) is 45.2 cm³/mol. The highest BCUT2D eigenvalue weighted by molar-refractivity contribution is 5.61. The lowest BCUT2D eigenvalue weighted by molar-refractivity contribution is 0.321. The van der Waals surface area contributed by atoms with Gasteiger partial charge in [0, 0.05) is 12.6 Å². The van der Waals surface area contributed by atoms with Crippen molar-refractivity contribution in [3.63, 3.8) is 0 Å². The molecule has 1 aromatic carbocycles. The maximum absolute atomic E-state index is 8.19. The van der Waals surface area contributed by atoms with E-state index in [9.17, 15) is 0 Å². The van der Waals surface area contributed by atoms with Crippen molar-refractivity contribution in [2.24, 2.45) is 5.16 Å². The van der Waals surface area contributed by atoms with Crippen LogP contribution < -0.4 is 0 Å². The van der Waals surface area contributed by atoms with Gasteiger partial charge in [0.25, 0.3) is 0 Å². The zero-order valence-electron chi connectivity index (χ0n) is 6.49. The number of rotatable bonds is 2. The summed E-state index contributed by atoms with van der Waals surface area (Å²) in [6.07, 6.45) is 2.19. The minimum absolute atomic E-state index is 0.698. The molecule has 0 spiro atoms. The Kier molecular flexibility index (Phi) is 2.66. The van der Waals surface area contributed by atoms with Gasteiger partial charge >= 0.3 is 0 Å². The van der Waals surface area contributed by atoms with E-state index in [1.807, 2.05) is 31.2 Å². The van der Waals surface area contributed by atoms with Crippen molar-refractivity contribution < 1.29 is 5.21 Å². The van der Waals surface area contributed by atoms with Crippen molar-refractivity contribution in [1.82, 2.24) is 0 Å². The van der Waals surface area contributed by atoms with Gasteiger partial charge in [-0.1, -0.05) is 24.3 Å². The Bertz CT molecular complexity index is 255. The second-order valence-electron chi connectivity index (χ2n) is 2.43. The minimum atomic E-state index is 0.698. The van der Waals surface area contributed by atoms with Crippen LogP contribution in [0.25, 0.3) is 0 Å². The first-order chi connectivity index (χ1) is 5.34. The Morgan fingerprint density at radius 3 is 2.82 bits per heavy atom. The quantitative estimate of drug-likeness (QED) is 0.389. The largest absolute Gasteiger partial charge is 0.411 e. The van der Waals surface area contributed by atoms with Crippen LogP contribution in [0.4, 0.5) is 0 Å². The molecule has 0 amide bonds. The molecule has 2 nitrogen and oxygen atoms in total. The standard InChI is InChI=1S/C9H11NO/c1-8-4-2-3-5-9(8)6-7-10-11/h2-5,7,11H,6H2,1H3/b10-7-. The van der Waals surface area contributed by atoms with Gasteiger partial charge in [-0.3, -0.25) is 0 Å². The summed E-state index contributed by atoms with van der Waals surface area (Å²) >= 11 is 0. The Balaban J connectivity index is 2.77. The summed E-state index contributed by atoms with van der Waals surface area (Å²) in [6.45, 7) is 2.04. The van der Waals surface area contributed by atoms with Crippen LogP contribution in [0, 0.1) is 6.92 Å². The molecule has 1 rings (SSSR count). The van der Waals surface area contributed by atoms with Crippen molar-refractivity contribution in [2.75, 3.05) is 0 Å². The number of hydrogen-bond acceptors (Lipinski definition) is 2. The van der Waals surface area contributed by atoms with E-state index < -0.39 is 0 Å². The summed E-state index contributed by atoms with van der Waals surface area (Å²) in [7, 11) is 0. The van der Waals surface area contributed by atoms with Gasteiger partial charge in [-0.2, -0.15) is 0 Å². The molecule has 2 heteroatoms. The first kappa shape index (κ1) is 7.79. The highest BCUT2D eigenvalue weighted by Gasteiger charge is 1.92. The third-order valence-corrected chi connectivity index (χ3v) is 1.65. The smallest absolute Gasteiger partial charge is 0.0479 e. The van der Waals surface area contributed by atoms with Gasteiger partial charge in [-0.15, -0.1) is 5.16 Å². The van der Waals surface area contributed by atoms with E-state index in [0.29, 0.717) is 6.42 Å². The fourth-order valence-electron chi connectivity index (χ4n) is 0.978. The second kappa shape index (κ2) is 3.76. The molecule has 58 valence electrons. The summed E-state index contributed by atoms with van der Waals surface area (Å²) in [5, 5.41) is 11.1. The highest BCUT2D eigenvalue weighted by atomic mass is 16.4. The van der Waals surface area contributed by atoms with Gasteiger partial charge in [0.15, 0.2) is 0 Å². The monoisotopic (exact) mass is 149 g/mol.